The van der Waals surface area contributed by atoms with E-state index in [1.165, 1.54) is 12.8 Å². The van der Waals surface area contributed by atoms with Crippen LogP contribution < -0.4 is 5.32 Å². The molecule has 0 amide bonds. The summed E-state index contributed by atoms with van der Waals surface area (Å²) in [5, 5.41) is 4.18. The predicted molar refractivity (Wildman–Crippen MR) is 71.7 cm³/mol. The summed E-state index contributed by atoms with van der Waals surface area (Å²) in [5.41, 5.74) is 1.12. The van der Waals surface area contributed by atoms with Gasteiger partial charge in [-0.1, -0.05) is 38.3 Å². The first-order valence-corrected chi connectivity index (χ1v) is 6.53. The molecular formula is C12H17BrClN. The van der Waals surface area contributed by atoms with Gasteiger partial charge in [-0.3, -0.25) is 0 Å². The van der Waals surface area contributed by atoms with Gasteiger partial charge in [-0.15, -0.1) is 0 Å². The van der Waals surface area contributed by atoms with Crippen molar-refractivity contribution in [2.45, 2.75) is 26.7 Å². The van der Waals surface area contributed by atoms with Gasteiger partial charge in [0.15, 0.2) is 0 Å². The summed E-state index contributed by atoms with van der Waals surface area (Å²) in [6.07, 6.45) is 2.44. The van der Waals surface area contributed by atoms with Crippen molar-refractivity contribution in [3.05, 3.63) is 27.7 Å². The van der Waals surface area contributed by atoms with Crippen molar-refractivity contribution in [1.82, 2.24) is 0 Å². The fourth-order valence-electron chi connectivity index (χ4n) is 1.45. The lowest BCUT2D eigenvalue weighted by atomic mass is 10.0. The van der Waals surface area contributed by atoms with Gasteiger partial charge in [-0.2, -0.15) is 0 Å². The number of nitrogens with one attached hydrogen (secondary N) is 1. The van der Waals surface area contributed by atoms with Crippen LogP contribution in [-0.2, 0) is 0 Å². The van der Waals surface area contributed by atoms with Gasteiger partial charge in [0, 0.05) is 16.7 Å². The van der Waals surface area contributed by atoms with Crippen LogP contribution in [0.25, 0.3) is 0 Å². The largest absolute Gasteiger partial charge is 0.385 e. The first-order chi connectivity index (χ1) is 7.17. The van der Waals surface area contributed by atoms with E-state index in [9.17, 15) is 0 Å². The lowest BCUT2D eigenvalue weighted by molar-refractivity contribution is 0.519. The van der Waals surface area contributed by atoms with Crippen LogP contribution in [0.15, 0.2) is 22.7 Å². The van der Waals surface area contributed by atoms with Gasteiger partial charge in [0.2, 0.25) is 0 Å². The maximum Gasteiger partial charge on any atom is 0.0549 e. The third-order valence-corrected chi connectivity index (χ3v) is 3.88. The monoisotopic (exact) mass is 289 g/mol. The molecule has 1 aromatic rings. The van der Waals surface area contributed by atoms with E-state index in [4.69, 9.17) is 11.6 Å². The molecule has 0 fully saturated rings. The van der Waals surface area contributed by atoms with Crippen molar-refractivity contribution >= 4 is 33.2 Å². The molecule has 0 saturated heterocycles. The van der Waals surface area contributed by atoms with Crippen LogP contribution in [0.4, 0.5) is 5.69 Å². The van der Waals surface area contributed by atoms with Crippen molar-refractivity contribution in [2.24, 2.45) is 5.92 Å². The van der Waals surface area contributed by atoms with Crippen molar-refractivity contribution in [1.29, 1.82) is 0 Å². The zero-order valence-electron chi connectivity index (χ0n) is 9.19. The molecule has 0 atom stereocenters. The third-order valence-electron chi connectivity index (χ3n) is 2.67. The summed E-state index contributed by atoms with van der Waals surface area (Å²) in [6, 6.07) is 5.93. The Bertz CT molecular complexity index is 310. The summed E-state index contributed by atoms with van der Waals surface area (Å²) < 4.78 is 0.943. The van der Waals surface area contributed by atoms with Crippen LogP contribution in [0, 0.1) is 5.92 Å². The molecule has 0 aliphatic rings. The van der Waals surface area contributed by atoms with Crippen LogP contribution in [0.3, 0.4) is 0 Å². The third kappa shape index (κ3) is 4.04. The zero-order chi connectivity index (χ0) is 11.3. The fraction of sp³-hybridized carbons (Fsp3) is 0.500. The minimum atomic E-state index is 0.749. The van der Waals surface area contributed by atoms with Crippen molar-refractivity contribution < 1.29 is 0 Å². The molecule has 0 heterocycles. The maximum atomic E-state index is 5.92. The summed E-state index contributed by atoms with van der Waals surface area (Å²) in [5.74, 6) is 0.749. The average molecular weight is 291 g/mol. The van der Waals surface area contributed by atoms with E-state index in [0.29, 0.717) is 0 Å². The topological polar surface area (TPSA) is 12.0 Å². The predicted octanol–water partition coefficient (Wildman–Crippen LogP) is 4.95. The minimum Gasteiger partial charge on any atom is -0.385 e. The zero-order valence-corrected chi connectivity index (χ0v) is 11.5. The minimum absolute atomic E-state index is 0.749. The molecule has 0 unspecified atom stereocenters. The number of hydrogen-bond donors (Lipinski definition) is 1. The van der Waals surface area contributed by atoms with Gasteiger partial charge in [-0.05, 0) is 40.0 Å². The van der Waals surface area contributed by atoms with Crippen LogP contribution in [-0.4, -0.2) is 6.54 Å². The Balaban J connectivity index is 2.54. The Hall–Kier alpha value is -0.210. The van der Waals surface area contributed by atoms with E-state index >= 15 is 0 Å². The quantitative estimate of drug-likeness (QED) is 0.809. The highest BCUT2D eigenvalue weighted by Gasteiger charge is 2.03. The SMILES string of the molecule is CCC(CC)CNc1ccc(Cl)c(Br)c1. The Kier molecular flexibility index (Phi) is 5.48. The molecular weight excluding hydrogens is 273 g/mol. The molecule has 0 spiro atoms. The first-order valence-electron chi connectivity index (χ1n) is 5.36. The van der Waals surface area contributed by atoms with E-state index in [1.54, 1.807) is 0 Å². The standard InChI is InChI=1S/C12H17BrClN/c1-3-9(4-2)8-15-10-5-6-12(14)11(13)7-10/h5-7,9,15H,3-4,8H2,1-2H3. The van der Waals surface area contributed by atoms with Gasteiger partial charge in [0.05, 0.1) is 5.02 Å². The number of benzene rings is 1. The Morgan fingerprint density at radius 1 is 1.33 bits per heavy atom. The van der Waals surface area contributed by atoms with E-state index in [-0.39, 0.29) is 0 Å². The molecule has 1 aromatic carbocycles. The maximum absolute atomic E-state index is 5.92. The normalized spacial score (nSPS) is 10.7. The van der Waals surface area contributed by atoms with Crippen LogP contribution in [0.2, 0.25) is 5.02 Å². The van der Waals surface area contributed by atoms with E-state index in [0.717, 1.165) is 27.6 Å². The number of rotatable bonds is 5. The summed E-state index contributed by atoms with van der Waals surface area (Å²) in [6.45, 7) is 5.49. The second-order valence-corrected chi connectivity index (χ2v) is 4.95. The molecule has 1 N–H and O–H groups in total. The second-order valence-electron chi connectivity index (χ2n) is 3.69. The molecule has 0 radical (unpaired) electrons. The van der Waals surface area contributed by atoms with Crippen LogP contribution >= 0.6 is 27.5 Å². The van der Waals surface area contributed by atoms with Crippen molar-refractivity contribution in [3.63, 3.8) is 0 Å². The molecule has 3 heteroatoms. The number of anilines is 1. The van der Waals surface area contributed by atoms with Gasteiger partial charge in [0.25, 0.3) is 0 Å². The molecule has 0 bridgehead atoms. The summed E-state index contributed by atoms with van der Waals surface area (Å²) >= 11 is 9.34. The Labute approximate surface area is 105 Å². The summed E-state index contributed by atoms with van der Waals surface area (Å²) in [7, 11) is 0. The lowest BCUT2D eigenvalue weighted by Crippen LogP contribution is -2.12. The number of halogens is 2. The molecule has 84 valence electrons. The molecule has 0 aromatic heterocycles. The smallest absolute Gasteiger partial charge is 0.0549 e. The average Bonchev–Trinajstić information content (AvgIpc) is 2.24. The van der Waals surface area contributed by atoms with Gasteiger partial charge < -0.3 is 5.32 Å². The fourth-order valence-corrected chi connectivity index (χ4v) is 1.94. The van der Waals surface area contributed by atoms with Gasteiger partial charge in [-0.25, -0.2) is 0 Å². The Morgan fingerprint density at radius 3 is 2.53 bits per heavy atom. The second kappa shape index (κ2) is 6.39. The molecule has 0 aliphatic carbocycles. The van der Waals surface area contributed by atoms with E-state index in [1.807, 2.05) is 18.2 Å². The van der Waals surface area contributed by atoms with Crippen molar-refractivity contribution in [2.75, 3.05) is 11.9 Å². The van der Waals surface area contributed by atoms with E-state index in [2.05, 4.69) is 35.1 Å². The summed E-state index contributed by atoms with van der Waals surface area (Å²) in [4.78, 5) is 0. The Morgan fingerprint density at radius 2 is 2.00 bits per heavy atom. The molecule has 15 heavy (non-hydrogen) atoms. The molecule has 1 rings (SSSR count). The van der Waals surface area contributed by atoms with Gasteiger partial charge in [0.1, 0.15) is 0 Å². The highest BCUT2D eigenvalue weighted by molar-refractivity contribution is 9.10. The van der Waals surface area contributed by atoms with Crippen LogP contribution in [0.5, 0.6) is 0 Å². The lowest BCUT2D eigenvalue weighted by Gasteiger charge is -2.14. The molecule has 1 nitrogen and oxygen atoms in total. The van der Waals surface area contributed by atoms with Crippen molar-refractivity contribution in [3.8, 4) is 0 Å². The van der Waals surface area contributed by atoms with Crippen LogP contribution in [0.1, 0.15) is 26.7 Å². The molecule has 0 saturated carbocycles. The van der Waals surface area contributed by atoms with Gasteiger partial charge >= 0.3 is 0 Å². The first kappa shape index (κ1) is 12.9. The van der Waals surface area contributed by atoms with E-state index < -0.39 is 0 Å². The number of hydrogen-bond acceptors (Lipinski definition) is 1. The highest BCUT2D eigenvalue weighted by atomic mass is 79.9. The molecule has 0 aliphatic heterocycles. The highest BCUT2D eigenvalue weighted by Crippen LogP contribution is 2.25.